The number of rotatable bonds is 6. The van der Waals surface area contributed by atoms with Gasteiger partial charge in [-0.05, 0) is 18.4 Å². The van der Waals surface area contributed by atoms with Gasteiger partial charge in [0.05, 0.1) is 6.04 Å². The largest absolute Gasteiger partial charge is 0.271 e. The average molecular weight is 273 g/mol. The highest BCUT2D eigenvalue weighted by Gasteiger charge is 2.15. The van der Waals surface area contributed by atoms with Gasteiger partial charge in [-0.25, -0.2) is 9.67 Å². The molecule has 0 radical (unpaired) electrons. The van der Waals surface area contributed by atoms with Gasteiger partial charge in [-0.1, -0.05) is 43.7 Å². The van der Waals surface area contributed by atoms with Crippen LogP contribution in [0, 0.1) is 12.8 Å². The zero-order valence-corrected chi connectivity index (χ0v) is 12.4. The minimum absolute atomic E-state index is 0.0470. The van der Waals surface area contributed by atoms with E-state index in [-0.39, 0.29) is 6.04 Å². The molecule has 20 heavy (non-hydrogen) atoms. The van der Waals surface area contributed by atoms with Crippen LogP contribution in [0.1, 0.15) is 36.8 Å². The summed E-state index contributed by atoms with van der Waals surface area (Å²) in [6.45, 7) is 7.29. The molecule has 5 nitrogen and oxygen atoms in total. The monoisotopic (exact) mass is 273 g/mol. The van der Waals surface area contributed by atoms with Crippen molar-refractivity contribution in [2.45, 2.75) is 39.8 Å². The lowest BCUT2D eigenvalue weighted by molar-refractivity contribution is 0.446. The molecule has 0 spiro atoms. The van der Waals surface area contributed by atoms with E-state index in [9.17, 15) is 0 Å². The quantitative estimate of drug-likeness (QED) is 0.624. The third-order valence-electron chi connectivity index (χ3n) is 3.30. The Morgan fingerprint density at radius 1 is 1.25 bits per heavy atom. The van der Waals surface area contributed by atoms with Crippen LogP contribution >= 0.6 is 0 Å². The summed E-state index contributed by atoms with van der Waals surface area (Å²) in [4.78, 5) is 4.36. The maximum atomic E-state index is 5.70. The van der Waals surface area contributed by atoms with E-state index in [1.807, 2.05) is 4.68 Å². The topological polar surface area (TPSA) is 68.8 Å². The van der Waals surface area contributed by atoms with E-state index in [1.165, 1.54) is 5.56 Å². The maximum absolute atomic E-state index is 5.70. The number of nitrogens with zero attached hydrogens (tertiary/aromatic N) is 3. The van der Waals surface area contributed by atoms with Gasteiger partial charge in [-0.3, -0.25) is 11.3 Å². The van der Waals surface area contributed by atoms with Crippen LogP contribution in [0.25, 0.3) is 0 Å². The van der Waals surface area contributed by atoms with E-state index in [2.05, 4.69) is 60.5 Å². The normalized spacial score (nSPS) is 12.8. The van der Waals surface area contributed by atoms with Crippen LogP contribution < -0.4 is 11.3 Å². The minimum Gasteiger partial charge on any atom is -0.271 e. The number of aromatic nitrogens is 3. The summed E-state index contributed by atoms with van der Waals surface area (Å²) in [7, 11) is 0. The van der Waals surface area contributed by atoms with E-state index >= 15 is 0 Å². The second-order valence-electron chi connectivity index (χ2n) is 5.59. The molecule has 1 atom stereocenters. The summed E-state index contributed by atoms with van der Waals surface area (Å²) in [5.41, 5.74) is 5.28. The fourth-order valence-corrected chi connectivity index (χ4v) is 2.20. The molecule has 1 unspecified atom stereocenters. The number of nitrogens with two attached hydrogens (primary N) is 1. The molecule has 108 valence electrons. The van der Waals surface area contributed by atoms with Crippen LogP contribution in [0.15, 0.2) is 30.6 Å². The first-order valence-electron chi connectivity index (χ1n) is 6.99. The van der Waals surface area contributed by atoms with Crippen LogP contribution in [0.3, 0.4) is 0 Å². The van der Waals surface area contributed by atoms with Gasteiger partial charge in [0.1, 0.15) is 12.2 Å². The molecule has 2 aromatic rings. The van der Waals surface area contributed by atoms with Crippen molar-refractivity contribution < 1.29 is 0 Å². The first kappa shape index (κ1) is 14.7. The number of aryl methyl sites for hydroxylation is 1. The van der Waals surface area contributed by atoms with Crippen LogP contribution in [0.5, 0.6) is 0 Å². The first-order chi connectivity index (χ1) is 9.60. The van der Waals surface area contributed by atoms with Crippen LogP contribution in [-0.2, 0) is 13.0 Å². The molecular weight excluding hydrogens is 250 g/mol. The van der Waals surface area contributed by atoms with Crippen LogP contribution in [0.4, 0.5) is 0 Å². The van der Waals surface area contributed by atoms with Crippen LogP contribution in [0.2, 0.25) is 0 Å². The maximum Gasteiger partial charge on any atom is 0.138 e. The molecule has 1 aromatic carbocycles. The van der Waals surface area contributed by atoms with Gasteiger partial charge in [-0.15, -0.1) is 0 Å². The smallest absolute Gasteiger partial charge is 0.138 e. The summed E-state index contributed by atoms with van der Waals surface area (Å²) < 4.78 is 1.96. The fourth-order valence-electron chi connectivity index (χ4n) is 2.20. The molecule has 1 heterocycles. The van der Waals surface area contributed by atoms with Gasteiger partial charge >= 0.3 is 0 Å². The molecule has 2 rings (SSSR count). The summed E-state index contributed by atoms with van der Waals surface area (Å²) in [6.07, 6.45) is 2.34. The number of hydrazine groups is 1. The molecule has 0 aliphatic carbocycles. The van der Waals surface area contributed by atoms with Crippen molar-refractivity contribution in [2.24, 2.45) is 11.8 Å². The van der Waals surface area contributed by atoms with Gasteiger partial charge in [0.2, 0.25) is 0 Å². The van der Waals surface area contributed by atoms with Gasteiger partial charge in [0.25, 0.3) is 0 Å². The Kier molecular flexibility index (Phi) is 4.87. The molecule has 0 saturated carbocycles. The van der Waals surface area contributed by atoms with Gasteiger partial charge in [0.15, 0.2) is 0 Å². The molecule has 0 aliphatic rings. The Morgan fingerprint density at radius 2 is 1.95 bits per heavy atom. The number of hydrogen-bond acceptors (Lipinski definition) is 4. The number of hydrogen-bond donors (Lipinski definition) is 2. The van der Waals surface area contributed by atoms with Crippen LogP contribution in [-0.4, -0.2) is 14.8 Å². The molecule has 0 amide bonds. The molecule has 0 bridgehead atoms. The zero-order valence-electron chi connectivity index (χ0n) is 12.4. The standard InChI is InChI=1S/C15H23N5/c1-11(2)9-20-15(17-10-18-20)8-14(19-16)13-6-4-12(3)5-7-13/h4-7,10-11,14,19H,8-9,16H2,1-3H3. The van der Waals surface area contributed by atoms with Gasteiger partial charge in [0, 0.05) is 13.0 Å². The average Bonchev–Trinajstić information content (AvgIpc) is 2.83. The predicted molar refractivity (Wildman–Crippen MR) is 79.8 cm³/mol. The predicted octanol–water partition coefficient (Wildman–Crippen LogP) is 1.99. The van der Waals surface area contributed by atoms with Crippen molar-refractivity contribution in [1.82, 2.24) is 20.2 Å². The summed E-state index contributed by atoms with van der Waals surface area (Å²) in [5, 5.41) is 4.29. The van der Waals surface area contributed by atoms with Crippen molar-refractivity contribution in [1.29, 1.82) is 0 Å². The van der Waals surface area contributed by atoms with Crippen molar-refractivity contribution >= 4 is 0 Å². The first-order valence-corrected chi connectivity index (χ1v) is 6.99. The molecule has 0 saturated heterocycles. The molecule has 1 aromatic heterocycles. The second-order valence-corrected chi connectivity index (χ2v) is 5.59. The van der Waals surface area contributed by atoms with Gasteiger partial charge < -0.3 is 0 Å². The van der Waals surface area contributed by atoms with Crippen molar-refractivity contribution in [3.8, 4) is 0 Å². The molecule has 0 fully saturated rings. The lowest BCUT2D eigenvalue weighted by Gasteiger charge is -2.17. The lowest BCUT2D eigenvalue weighted by Crippen LogP contribution is -2.30. The third kappa shape index (κ3) is 3.65. The van der Waals surface area contributed by atoms with Crippen molar-refractivity contribution in [3.63, 3.8) is 0 Å². The van der Waals surface area contributed by atoms with Crippen molar-refractivity contribution in [3.05, 3.63) is 47.5 Å². The molecule has 0 aliphatic heterocycles. The second kappa shape index (κ2) is 6.63. The van der Waals surface area contributed by atoms with E-state index in [1.54, 1.807) is 6.33 Å². The van der Waals surface area contributed by atoms with E-state index in [0.29, 0.717) is 5.92 Å². The third-order valence-corrected chi connectivity index (χ3v) is 3.30. The summed E-state index contributed by atoms with van der Waals surface area (Å²) in [6, 6.07) is 8.44. The molecule has 3 N–H and O–H groups in total. The van der Waals surface area contributed by atoms with Crippen molar-refractivity contribution in [2.75, 3.05) is 0 Å². The van der Waals surface area contributed by atoms with E-state index in [4.69, 9.17) is 5.84 Å². The Hall–Kier alpha value is -1.72. The molecular formula is C15H23N5. The lowest BCUT2D eigenvalue weighted by atomic mass is 10.0. The highest BCUT2D eigenvalue weighted by molar-refractivity contribution is 5.24. The summed E-state index contributed by atoms with van der Waals surface area (Å²) in [5.74, 6) is 7.20. The highest BCUT2D eigenvalue weighted by Crippen LogP contribution is 2.17. The Labute approximate surface area is 120 Å². The minimum atomic E-state index is 0.0470. The van der Waals surface area contributed by atoms with E-state index in [0.717, 1.165) is 24.4 Å². The number of benzene rings is 1. The zero-order chi connectivity index (χ0) is 14.5. The fraction of sp³-hybridized carbons (Fsp3) is 0.467. The van der Waals surface area contributed by atoms with E-state index < -0.39 is 0 Å². The Morgan fingerprint density at radius 3 is 2.55 bits per heavy atom. The number of nitrogens with one attached hydrogen (secondary N) is 1. The summed E-state index contributed by atoms with van der Waals surface area (Å²) >= 11 is 0. The SMILES string of the molecule is Cc1ccc(C(Cc2ncnn2CC(C)C)NN)cc1. The molecule has 5 heteroatoms. The van der Waals surface area contributed by atoms with Gasteiger partial charge in [-0.2, -0.15) is 5.10 Å². The highest BCUT2D eigenvalue weighted by atomic mass is 15.3. The Balaban J connectivity index is 2.14. The Bertz CT molecular complexity index is 529.